The van der Waals surface area contributed by atoms with E-state index in [0.717, 1.165) is 0 Å². The molecule has 1 atom stereocenters. The molecule has 19 heavy (non-hydrogen) atoms. The zero-order valence-electron chi connectivity index (χ0n) is 10.3. The molecular weight excluding hydrogens is 270 g/mol. The third-order valence-corrected chi connectivity index (χ3v) is 5.20. The lowest BCUT2D eigenvalue weighted by atomic mass is 10.1. The average Bonchev–Trinajstić information content (AvgIpc) is 2.85. The molecule has 2 aliphatic rings. The Bertz CT molecular complexity index is 586. The Morgan fingerprint density at radius 1 is 1.26 bits per heavy atom. The van der Waals surface area contributed by atoms with Gasteiger partial charge in [0.15, 0.2) is 11.5 Å². The topological polar surface area (TPSA) is 76.1 Å². The molecule has 7 heteroatoms. The fraction of sp³-hybridized carbons (Fsp3) is 0.500. The van der Waals surface area contributed by atoms with Gasteiger partial charge < -0.3 is 14.6 Å². The van der Waals surface area contributed by atoms with Crippen LogP contribution in [0.15, 0.2) is 23.1 Å². The van der Waals surface area contributed by atoms with Crippen molar-refractivity contribution in [3.05, 3.63) is 18.2 Å². The van der Waals surface area contributed by atoms with Crippen LogP contribution in [0.1, 0.15) is 12.8 Å². The minimum atomic E-state index is -3.58. The molecule has 0 saturated carbocycles. The molecule has 0 amide bonds. The Kier molecular flexibility index (Phi) is 3.12. The van der Waals surface area contributed by atoms with E-state index in [1.807, 2.05) is 0 Å². The molecule has 1 saturated heterocycles. The Morgan fingerprint density at radius 3 is 2.84 bits per heavy atom. The van der Waals surface area contributed by atoms with Crippen LogP contribution in [0.25, 0.3) is 0 Å². The second kappa shape index (κ2) is 4.66. The summed E-state index contributed by atoms with van der Waals surface area (Å²) in [5.41, 5.74) is 0. The van der Waals surface area contributed by atoms with Gasteiger partial charge in [0.1, 0.15) is 0 Å². The first kappa shape index (κ1) is 12.7. The first-order chi connectivity index (χ1) is 9.07. The molecule has 0 aromatic heterocycles. The number of sulfonamides is 1. The molecule has 1 aromatic carbocycles. The van der Waals surface area contributed by atoms with Crippen LogP contribution in [0.5, 0.6) is 11.5 Å². The van der Waals surface area contributed by atoms with Gasteiger partial charge >= 0.3 is 0 Å². The van der Waals surface area contributed by atoms with Gasteiger partial charge in [-0.05, 0) is 25.0 Å². The molecule has 2 aliphatic heterocycles. The quantitative estimate of drug-likeness (QED) is 0.859. The van der Waals surface area contributed by atoms with E-state index in [4.69, 9.17) is 9.47 Å². The molecule has 0 spiro atoms. The van der Waals surface area contributed by atoms with Gasteiger partial charge in [-0.1, -0.05) is 0 Å². The number of rotatable bonds is 2. The smallest absolute Gasteiger partial charge is 0.243 e. The zero-order chi connectivity index (χ0) is 13.5. The fourth-order valence-corrected chi connectivity index (χ4v) is 3.86. The number of hydrogen-bond donors (Lipinski definition) is 1. The largest absolute Gasteiger partial charge is 0.454 e. The Hall–Kier alpha value is -1.31. The van der Waals surface area contributed by atoms with Gasteiger partial charge in [-0.3, -0.25) is 0 Å². The van der Waals surface area contributed by atoms with Gasteiger partial charge in [0.05, 0.1) is 11.0 Å². The van der Waals surface area contributed by atoms with Crippen LogP contribution in [-0.2, 0) is 10.0 Å². The number of ether oxygens (including phenoxy) is 2. The fourth-order valence-electron chi connectivity index (χ4n) is 2.33. The molecule has 0 bridgehead atoms. The molecule has 3 rings (SSSR count). The molecule has 0 aliphatic carbocycles. The second-order valence-corrected chi connectivity index (χ2v) is 6.61. The monoisotopic (exact) mass is 285 g/mol. The van der Waals surface area contributed by atoms with E-state index in [-0.39, 0.29) is 18.2 Å². The second-order valence-electron chi connectivity index (χ2n) is 4.67. The maximum Gasteiger partial charge on any atom is 0.243 e. The highest BCUT2D eigenvalue weighted by molar-refractivity contribution is 7.89. The summed E-state index contributed by atoms with van der Waals surface area (Å²) in [5, 5.41) is 9.59. The van der Waals surface area contributed by atoms with E-state index in [1.165, 1.54) is 16.4 Å². The summed E-state index contributed by atoms with van der Waals surface area (Å²) in [4.78, 5) is 0.172. The van der Waals surface area contributed by atoms with E-state index in [1.54, 1.807) is 6.07 Å². The number of aliphatic hydroxyl groups is 1. The van der Waals surface area contributed by atoms with E-state index in [0.29, 0.717) is 30.9 Å². The van der Waals surface area contributed by atoms with Crippen molar-refractivity contribution in [2.45, 2.75) is 23.8 Å². The number of β-amino-alcohol motifs (C(OH)–C–C–N with tert-alkyl or cyclic N) is 1. The summed E-state index contributed by atoms with van der Waals surface area (Å²) >= 11 is 0. The van der Waals surface area contributed by atoms with E-state index in [2.05, 4.69) is 0 Å². The molecular formula is C12H15NO5S. The van der Waals surface area contributed by atoms with E-state index < -0.39 is 16.1 Å². The highest BCUT2D eigenvalue weighted by Crippen LogP contribution is 2.35. The molecule has 104 valence electrons. The molecule has 1 unspecified atom stereocenters. The molecule has 2 heterocycles. The van der Waals surface area contributed by atoms with Crippen molar-refractivity contribution >= 4 is 10.0 Å². The first-order valence-electron chi connectivity index (χ1n) is 6.15. The number of nitrogens with zero attached hydrogens (tertiary/aromatic N) is 1. The van der Waals surface area contributed by atoms with E-state index in [9.17, 15) is 13.5 Å². The van der Waals surface area contributed by atoms with Gasteiger partial charge in [-0.25, -0.2) is 8.42 Å². The number of aliphatic hydroxyl groups excluding tert-OH is 1. The van der Waals surface area contributed by atoms with Crippen LogP contribution in [0, 0.1) is 0 Å². The van der Waals surface area contributed by atoms with Crippen molar-refractivity contribution in [2.24, 2.45) is 0 Å². The molecule has 1 fully saturated rings. The predicted molar refractivity (Wildman–Crippen MR) is 66.6 cm³/mol. The highest BCUT2D eigenvalue weighted by Gasteiger charge is 2.30. The van der Waals surface area contributed by atoms with Gasteiger partial charge in [0, 0.05) is 19.2 Å². The van der Waals surface area contributed by atoms with Gasteiger partial charge in [0.2, 0.25) is 16.8 Å². The molecule has 0 radical (unpaired) electrons. The summed E-state index contributed by atoms with van der Waals surface area (Å²) < 4.78 is 36.6. The zero-order valence-corrected chi connectivity index (χ0v) is 11.1. The third kappa shape index (κ3) is 2.29. The standard InChI is InChI=1S/C12H15NO5S/c14-9-2-1-5-13(7-9)19(15,16)10-3-4-11-12(6-10)18-8-17-11/h3-4,6,9,14H,1-2,5,7-8H2. The first-order valence-corrected chi connectivity index (χ1v) is 7.59. The van der Waals surface area contributed by atoms with Crippen molar-refractivity contribution in [2.75, 3.05) is 19.9 Å². The van der Waals surface area contributed by atoms with Crippen LogP contribution in [0.2, 0.25) is 0 Å². The summed E-state index contributed by atoms with van der Waals surface area (Å²) in [7, 11) is -3.58. The summed E-state index contributed by atoms with van der Waals surface area (Å²) in [6.07, 6.45) is 0.732. The Morgan fingerprint density at radius 2 is 2.05 bits per heavy atom. The highest BCUT2D eigenvalue weighted by atomic mass is 32.2. The minimum absolute atomic E-state index is 0.112. The third-order valence-electron chi connectivity index (χ3n) is 3.34. The predicted octanol–water partition coefficient (Wildman–Crippen LogP) is 0.561. The van der Waals surface area contributed by atoms with Crippen LogP contribution in [0.4, 0.5) is 0 Å². The number of fused-ring (bicyclic) bond motifs is 1. The molecule has 1 N–H and O–H groups in total. The molecule has 6 nitrogen and oxygen atoms in total. The minimum Gasteiger partial charge on any atom is -0.454 e. The van der Waals surface area contributed by atoms with Crippen LogP contribution >= 0.6 is 0 Å². The summed E-state index contributed by atoms with van der Waals surface area (Å²) in [6, 6.07) is 4.57. The molecule has 1 aromatic rings. The van der Waals surface area contributed by atoms with Crippen LogP contribution < -0.4 is 9.47 Å². The Labute approximate surface area is 111 Å². The summed E-state index contributed by atoms with van der Waals surface area (Å²) in [5.74, 6) is 0.997. The lowest BCUT2D eigenvalue weighted by molar-refractivity contribution is 0.108. The van der Waals surface area contributed by atoms with Crippen LogP contribution in [-0.4, -0.2) is 43.8 Å². The van der Waals surface area contributed by atoms with Crippen molar-refractivity contribution in [1.82, 2.24) is 4.31 Å². The van der Waals surface area contributed by atoms with Gasteiger partial charge in [-0.2, -0.15) is 4.31 Å². The number of hydrogen-bond acceptors (Lipinski definition) is 5. The van der Waals surface area contributed by atoms with Gasteiger partial charge in [0.25, 0.3) is 0 Å². The Balaban J connectivity index is 1.91. The van der Waals surface area contributed by atoms with Crippen LogP contribution in [0.3, 0.4) is 0 Å². The summed E-state index contributed by atoms with van der Waals surface area (Å²) in [6.45, 7) is 0.700. The van der Waals surface area contributed by atoms with Gasteiger partial charge in [-0.15, -0.1) is 0 Å². The number of piperidine rings is 1. The van der Waals surface area contributed by atoms with Crippen molar-refractivity contribution in [3.8, 4) is 11.5 Å². The lowest BCUT2D eigenvalue weighted by Gasteiger charge is -2.29. The van der Waals surface area contributed by atoms with Crippen molar-refractivity contribution in [3.63, 3.8) is 0 Å². The van der Waals surface area contributed by atoms with E-state index >= 15 is 0 Å². The average molecular weight is 285 g/mol. The normalized spacial score (nSPS) is 23.5. The number of benzene rings is 1. The maximum atomic E-state index is 12.5. The van der Waals surface area contributed by atoms with Crippen molar-refractivity contribution in [1.29, 1.82) is 0 Å². The maximum absolute atomic E-state index is 12.5. The SMILES string of the molecule is O=S(=O)(c1ccc2c(c1)OCO2)N1CCCC(O)C1. The van der Waals surface area contributed by atoms with Crippen molar-refractivity contribution < 1.29 is 23.0 Å². The lowest BCUT2D eigenvalue weighted by Crippen LogP contribution is -2.42.